The first-order valence-corrected chi connectivity index (χ1v) is 6.38. The third kappa shape index (κ3) is 3.48. The van der Waals surface area contributed by atoms with Gasteiger partial charge in [0.15, 0.2) is 0 Å². The Balaban J connectivity index is 1.94. The molecule has 4 heteroatoms. The molecule has 1 saturated heterocycles. The fourth-order valence-electron chi connectivity index (χ4n) is 2.17. The van der Waals surface area contributed by atoms with Crippen LogP contribution in [0.5, 0.6) is 0 Å². The van der Waals surface area contributed by atoms with E-state index in [9.17, 15) is 4.79 Å². The fraction of sp³-hybridized carbons (Fsp3) is 0.462. The van der Waals surface area contributed by atoms with E-state index in [1.807, 2.05) is 24.3 Å². The summed E-state index contributed by atoms with van der Waals surface area (Å²) in [6, 6.07) is 7.57. The first kappa shape index (κ1) is 12.5. The van der Waals surface area contributed by atoms with E-state index in [1.54, 1.807) is 0 Å². The summed E-state index contributed by atoms with van der Waals surface area (Å²) in [5, 5.41) is 3.08. The van der Waals surface area contributed by atoms with Gasteiger partial charge in [0.1, 0.15) is 0 Å². The first-order valence-electron chi connectivity index (χ1n) is 5.93. The van der Waals surface area contributed by atoms with Crippen molar-refractivity contribution in [3.63, 3.8) is 0 Å². The number of benzene rings is 1. The Kier molecular flexibility index (Phi) is 4.07. The second-order valence-electron chi connectivity index (χ2n) is 4.62. The molecule has 0 aliphatic carbocycles. The minimum Gasteiger partial charge on any atom is -0.348 e. The molecule has 92 valence electrons. The lowest BCUT2D eigenvalue weighted by atomic mass is 10.1. The quantitative estimate of drug-likeness (QED) is 0.785. The average molecular weight is 250 g/mol. The molecule has 0 aromatic heterocycles. The molecule has 1 aromatic rings. The van der Waals surface area contributed by atoms with E-state index in [2.05, 4.69) is 29.9 Å². The first-order chi connectivity index (χ1) is 8.15. The maximum Gasteiger partial charge on any atom is 0.251 e. The minimum absolute atomic E-state index is 0.0126. The monoisotopic (exact) mass is 250 g/mol. The average Bonchev–Trinajstić information content (AvgIpc) is 2.29. The fourth-order valence-corrected chi connectivity index (χ4v) is 2.31. The number of likely N-dealkylation sites (tertiary alicyclic amines) is 1. The molecule has 1 amide bonds. The highest BCUT2D eigenvalue weighted by molar-refractivity contribution is 7.80. The van der Waals surface area contributed by atoms with Gasteiger partial charge in [0.25, 0.3) is 5.91 Å². The topological polar surface area (TPSA) is 32.3 Å². The highest BCUT2D eigenvalue weighted by Gasteiger charge is 2.19. The van der Waals surface area contributed by atoms with Gasteiger partial charge in [-0.05, 0) is 50.7 Å². The highest BCUT2D eigenvalue weighted by atomic mass is 32.1. The van der Waals surface area contributed by atoms with Gasteiger partial charge < -0.3 is 10.2 Å². The number of nitrogens with one attached hydrogen (secondary N) is 1. The lowest BCUT2D eigenvalue weighted by Crippen LogP contribution is -2.46. The number of carbonyl (C=O) groups is 1. The number of thiol groups is 1. The SMILES string of the molecule is CN1CCCC(NC(=O)c2ccc(S)cc2)C1. The van der Waals surface area contributed by atoms with Gasteiger partial charge in [-0.15, -0.1) is 12.6 Å². The van der Waals surface area contributed by atoms with Crippen LogP contribution in [0.3, 0.4) is 0 Å². The zero-order valence-corrected chi connectivity index (χ0v) is 10.9. The Morgan fingerprint density at radius 1 is 1.41 bits per heavy atom. The summed E-state index contributed by atoms with van der Waals surface area (Å²) in [4.78, 5) is 15.1. The van der Waals surface area contributed by atoms with Crippen molar-refractivity contribution >= 4 is 18.5 Å². The summed E-state index contributed by atoms with van der Waals surface area (Å²) >= 11 is 4.20. The number of rotatable bonds is 2. The molecule has 2 rings (SSSR count). The zero-order chi connectivity index (χ0) is 12.3. The Morgan fingerprint density at radius 2 is 2.12 bits per heavy atom. The molecule has 0 saturated carbocycles. The van der Waals surface area contributed by atoms with Crippen LogP contribution in [0, 0.1) is 0 Å². The molecule has 1 aromatic carbocycles. The van der Waals surface area contributed by atoms with Crippen LogP contribution in [0.25, 0.3) is 0 Å². The second kappa shape index (κ2) is 5.56. The summed E-state index contributed by atoms with van der Waals surface area (Å²) in [6.07, 6.45) is 2.22. The number of carbonyl (C=O) groups excluding carboxylic acids is 1. The molecule has 17 heavy (non-hydrogen) atoms. The summed E-state index contributed by atoms with van der Waals surface area (Å²) < 4.78 is 0. The van der Waals surface area contributed by atoms with Crippen molar-refractivity contribution in [2.45, 2.75) is 23.8 Å². The second-order valence-corrected chi connectivity index (χ2v) is 5.14. The molecule has 1 N–H and O–H groups in total. The van der Waals surface area contributed by atoms with E-state index in [1.165, 1.54) is 0 Å². The van der Waals surface area contributed by atoms with Crippen molar-refractivity contribution < 1.29 is 4.79 Å². The van der Waals surface area contributed by atoms with E-state index in [0.717, 1.165) is 30.8 Å². The molecular formula is C13H18N2OS. The normalized spacial score (nSPS) is 21.2. The number of nitrogens with zero attached hydrogens (tertiary/aromatic N) is 1. The van der Waals surface area contributed by atoms with Crippen molar-refractivity contribution in [3.05, 3.63) is 29.8 Å². The van der Waals surface area contributed by atoms with Crippen LogP contribution in [-0.4, -0.2) is 37.0 Å². The molecule has 3 nitrogen and oxygen atoms in total. The van der Waals surface area contributed by atoms with E-state index >= 15 is 0 Å². The smallest absolute Gasteiger partial charge is 0.251 e. The molecule has 1 unspecified atom stereocenters. The zero-order valence-electron chi connectivity index (χ0n) is 10.0. The predicted octanol–water partition coefficient (Wildman–Crippen LogP) is 1.80. The maximum absolute atomic E-state index is 12.0. The Labute approximate surface area is 108 Å². The van der Waals surface area contributed by atoms with Crippen LogP contribution in [0.2, 0.25) is 0 Å². The Bertz CT molecular complexity index is 391. The number of hydrogen-bond acceptors (Lipinski definition) is 3. The van der Waals surface area contributed by atoms with Crippen LogP contribution in [0.15, 0.2) is 29.2 Å². The summed E-state index contributed by atoms with van der Waals surface area (Å²) in [7, 11) is 2.09. The predicted molar refractivity (Wildman–Crippen MR) is 71.7 cm³/mol. The summed E-state index contributed by atoms with van der Waals surface area (Å²) in [6.45, 7) is 2.07. The third-order valence-electron chi connectivity index (χ3n) is 3.09. The van der Waals surface area contributed by atoms with Crippen molar-refractivity contribution in [1.82, 2.24) is 10.2 Å². The Morgan fingerprint density at radius 3 is 2.76 bits per heavy atom. The van der Waals surface area contributed by atoms with Gasteiger partial charge in [-0.25, -0.2) is 0 Å². The van der Waals surface area contributed by atoms with E-state index in [0.29, 0.717) is 5.56 Å². The van der Waals surface area contributed by atoms with Gasteiger partial charge in [-0.3, -0.25) is 4.79 Å². The number of amides is 1. The molecule has 1 aliphatic rings. The molecule has 1 atom stereocenters. The van der Waals surface area contributed by atoms with Gasteiger partial charge in [0.05, 0.1) is 0 Å². The largest absolute Gasteiger partial charge is 0.348 e. The molecular weight excluding hydrogens is 232 g/mol. The van der Waals surface area contributed by atoms with Crippen molar-refractivity contribution in [2.24, 2.45) is 0 Å². The minimum atomic E-state index is 0.0126. The molecule has 1 fully saturated rings. The van der Waals surface area contributed by atoms with Gasteiger partial charge >= 0.3 is 0 Å². The van der Waals surface area contributed by atoms with Gasteiger partial charge in [0, 0.05) is 23.0 Å². The van der Waals surface area contributed by atoms with E-state index in [-0.39, 0.29) is 11.9 Å². The van der Waals surface area contributed by atoms with Crippen LogP contribution < -0.4 is 5.32 Å². The standard InChI is InChI=1S/C13H18N2OS/c1-15-8-2-3-11(9-15)14-13(16)10-4-6-12(17)7-5-10/h4-7,11,17H,2-3,8-9H2,1H3,(H,14,16). The van der Waals surface area contributed by atoms with Gasteiger partial charge in [-0.2, -0.15) is 0 Å². The molecule has 0 spiro atoms. The Hall–Kier alpha value is -1.00. The van der Waals surface area contributed by atoms with Crippen molar-refractivity contribution in [3.8, 4) is 0 Å². The summed E-state index contributed by atoms with van der Waals surface area (Å²) in [5.74, 6) is 0.0126. The van der Waals surface area contributed by atoms with Crippen LogP contribution in [0.1, 0.15) is 23.2 Å². The molecule has 1 aliphatic heterocycles. The molecule has 0 radical (unpaired) electrons. The highest BCUT2D eigenvalue weighted by Crippen LogP contribution is 2.11. The van der Waals surface area contributed by atoms with Gasteiger partial charge in [-0.1, -0.05) is 0 Å². The number of piperidine rings is 1. The van der Waals surface area contributed by atoms with Crippen LogP contribution in [0.4, 0.5) is 0 Å². The van der Waals surface area contributed by atoms with Gasteiger partial charge in [0.2, 0.25) is 0 Å². The molecule has 0 bridgehead atoms. The molecule has 1 heterocycles. The maximum atomic E-state index is 12.0. The van der Waals surface area contributed by atoms with Crippen molar-refractivity contribution in [1.29, 1.82) is 0 Å². The summed E-state index contributed by atoms with van der Waals surface area (Å²) in [5.41, 5.74) is 0.705. The van der Waals surface area contributed by atoms with Crippen LogP contribution >= 0.6 is 12.6 Å². The van der Waals surface area contributed by atoms with Crippen molar-refractivity contribution in [2.75, 3.05) is 20.1 Å². The number of likely N-dealkylation sites (N-methyl/N-ethyl adjacent to an activating group) is 1. The van der Waals surface area contributed by atoms with E-state index < -0.39 is 0 Å². The third-order valence-corrected chi connectivity index (χ3v) is 3.39. The number of hydrogen-bond donors (Lipinski definition) is 2. The lowest BCUT2D eigenvalue weighted by Gasteiger charge is -2.30. The van der Waals surface area contributed by atoms with E-state index in [4.69, 9.17) is 0 Å². The lowest BCUT2D eigenvalue weighted by molar-refractivity contribution is 0.0912. The van der Waals surface area contributed by atoms with Crippen LogP contribution in [-0.2, 0) is 0 Å².